The van der Waals surface area contributed by atoms with Crippen molar-refractivity contribution in [1.82, 2.24) is 4.90 Å². The number of carbonyl (C=O) groups is 2. The summed E-state index contributed by atoms with van der Waals surface area (Å²) >= 11 is 0. The summed E-state index contributed by atoms with van der Waals surface area (Å²) in [7, 11) is 0. The Hall–Kier alpha value is -3.13. The van der Waals surface area contributed by atoms with Gasteiger partial charge in [0.1, 0.15) is 0 Å². The van der Waals surface area contributed by atoms with Crippen LogP contribution in [-0.4, -0.2) is 29.8 Å². The van der Waals surface area contributed by atoms with Crippen molar-refractivity contribution in [3.05, 3.63) is 65.2 Å². The summed E-state index contributed by atoms with van der Waals surface area (Å²) in [5.74, 6) is -0.145. The van der Waals surface area contributed by atoms with Crippen molar-refractivity contribution < 1.29 is 9.59 Å². The number of nitrogens with zero attached hydrogens (tertiary/aromatic N) is 2. The zero-order valence-corrected chi connectivity index (χ0v) is 14.7. The van der Waals surface area contributed by atoms with Gasteiger partial charge in [0.05, 0.1) is 11.6 Å². The minimum atomic E-state index is -0.123. The van der Waals surface area contributed by atoms with Gasteiger partial charge in [-0.05, 0) is 49.6 Å². The van der Waals surface area contributed by atoms with Crippen molar-refractivity contribution in [1.29, 1.82) is 5.26 Å². The van der Waals surface area contributed by atoms with Crippen molar-refractivity contribution in [3.8, 4) is 6.07 Å². The fourth-order valence-corrected chi connectivity index (χ4v) is 3.24. The molecule has 2 aromatic rings. The second-order valence-electron chi connectivity index (χ2n) is 6.56. The van der Waals surface area contributed by atoms with Crippen molar-refractivity contribution in [2.24, 2.45) is 5.92 Å². The van der Waals surface area contributed by atoms with E-state index in [9.17, 15) is 9.59 Å². The van der Waals surface area contributed by atoms with Gasteiger partial charge in [0.2, 0.25) is 5.91 Å². The third kappa shape index (κ3) is 3.92. The van der Waals surface area contributed by atoms with Gasteiger partial charge in [-0.3, -0.25) is 9.59 Å². The number of hydrogen-bond acceptors (Lipinski definition) is 3. The van der Waals surface area contributed by atoms with E-state index in [1.54, 1.807) is 24.3 Å². The Morgan fingerprint density at radius 1 is 1.12 bits per heavy atom. The summed E-state index contributed by atoms with van der Waals surface area (Å²) in [5, 5.41) is 11.8. The van der Waals surface area contributed by atoms with E-state index in [-0.39, 0.29) is 17.7 Å². The summed E-state index contributed by atoms with van der Waals surface area (Å²) in [6.07, 6.45) is 1.28. The van der Waals surface area contributed by atoms with Gasteiger partial charge in [-0.25, -0.2) is 0 Å². The van der Waals surface area contributed by atoms with E-state index in [1.807, 2.05) is 36.1 Å². The molecule has 0 saturated carbocycles. The van der Waals surface area contributed by atoms with Gasteiger partial charge in [-0.2, -0.15) is 5.26 Å². The Balaban J connectivity index is 1.58. The third-order valence-electron chi connectivity index (χ3n) is 4.79. The number of nitrogens with one attached hydrogen (secondary N) is 1. The Kier molecular flexibility index (Phi) is 5.33. The van der Waals surface area contributed by atoms with Crippen LogP contribution in [0.2, 0.25) is 0 Å². The zero-order chi connectivity index (χ0) is 18.5. The highest BCUT2D eigenvalue weighted by molar-refractivity contribution is 5.96. The largest absolute Gasteiger partial charge is 0.339 e. The summed E-state index contributed by atoms with van der Waals surface area (Å²) in [5.41, 5.74) is 2.84. The number of hydrogen-bond donors (Lipinski definition) is 1. The zero-order valence-electron chi connectivity index (χ0n) is 14.7. The van der Waals surface area contributed by atoms with E-state index in [0.717, 1.165) is 11.1 Å². The molecule has 5 heteroatoms. The molecule has 1 saturated heterocycles. The fourth-order valence-electron chi connectivity index (χ4n) is 3.24. The first-order valence-corrected chi connectivity index (χ1v) is 8.74. The molecule has 0 atom stereocenters. The summed E-state index contributed by atoms with van der Waals surface area (Å²) in [6.45, 7) is 3.08. The molecule has 2 aromatic carbocycles. The van der Waals surface area contributed by atoms with Gasteiger partial charge in [0.25, 0.3) is 5.91 Å². The summed E-state index contributed by atoms with van der Waals surface area (Å²) in [6, 6.07) is 16.5. The monoisotopic (exact) mass is 347 g/mol. The normalized spacial score (nSPS) is 14.5. The number of aryl methyl sites for hydroxylation is 1. The SMILES string of the molecule is Cc1ccccc1C(=O)N1CCC(C(=O)Nc2cccc(C#N)c2)CC1. The molecule has 5 nitrogen and oxygen atoms in total. The van der Waals surface area contributed by atoms with E-state index < -0.39 is 0 Å². The van der Waals surface area contributed by atoms with Crippen LogP contribution in [0.25, 0.3) is 0 Å². The highest BCUT2D eigenvalue weighted by Gasteiger charge is 2.28. The van der Waals surface area contributed by atoms with Gasteiger partial charge >= 0.3 is 0 Å². The first-order valence-electron chi connectivity index (χ1n) is 8.74. The molecule has 1 heterocycles. The van der Waals surface area contributed by atoms with E-state index in [1.165, 1.54) is 0 Å². The second-order valence-corrected chi connectivity index (χ2v) is 6.56. The van der Waals surface area contributed by atoms with Gasteiger partial charge in [-0.15, -0.1) is 0 Å². The Morgan fingerprint density at radius 2 is 1.85 bits per heavy atom. The molecule has 26 heavy (non-hydrogen) atoms. The average molecular weight is 347 g/mol. The van der Waals surface area contributed by atoms with E-state index in [2.05, 4.69) is 11.4 Å². The first-order chi connectivity index (χ1) is 12.6. The van der Waals surface area contributed by atoms with E-state index >= 15 is 0 Å². The first kappa shape index (κ1) is 17.7. The maximum atomic E-state index is 12.7. The van der Waals surface area contributed by atoms with Crippen molar-refractivity contribution >= 4 is 17.5 Å². The van der Waals surface area contributed by atoms with E-state index in [0.29, 0.717) is 37.2 Å². The number of nitriles is 1. The Labute approximate surface area is 153 Å². The smallest absolute Gasteiger partial charge is 0.254 e. The van der Waals surface area contributed by atoms with Gasteiger partial charge in [0.15, 0.2) is 0 Å². The number of amides is 2. The molecule has 0 aromatic heterocycles. The quantitative estimate of drug-likeness (QED) is 0.925. The number of rotatable bonds is 3. The van der Waals surface area contributed by atoms with E-state index in [4.69, 9.17) is 5.26 Å². The van der Waals surface area contributed by atoms with Gasteiger partial charge in [-0.1, -0.05) is 24.3 Å². The minimum Gasteiger partial charge on any atom is -0.339 e. The molecule has 2 amide bonds. The molecule has 3 rings (SSSR count). The number of anilines is 1. The molecule has 0 aliphatic carbocycles. The molecular formula is C21H21N3O2. The van der Waals surface area contributed by atoms with Crippen LogP contribution in [0.15, 0.2) is 48.5 Å². The van der Waals surface area contributed by atoms with Crippen LogP contribution in [0.4, 0.5) is 5.69 Å². The third-order valence-corrected chi connectivity index (χ3v) is 4.79. The lowest BCUT2D eigenvalue weighted by Gasteiger charge is -2.31. The molecule has 0 spiro atoms. The molecule has 1 aliphatic rings. The van der Waals surface area contributed by atoms with Crippen molar-refractivity contribution in [3.63, 3.8) is 0 Å². The number of benzene rings is 2. The number of carbonyl (C=O) groups excluding carboxylic acids is 2. The summed E-state index contributed by atoms with van der Waals surface area (Å²) in [4.78, 5) is 26.9. The topological polar surface area (TPSA) is 73.2 Å². The maximum Gasteiger partial charge on any atom is 0.254 e. The highest BCUT2D eigenvalue weighted by atomic mass is 16.2. The van der Waals surface area contributed by atoms with Crippen LogP contribution in [0.1, 0.15) is 34.3 Å². The number of piperidine rings is 1. The molecule has 0 bridgehead atoms. The molecule has 1 fully saturated rings. The summed E-state index contributed by atoms with van der Waals surface area (Å²) < 4.78 is 0. The molecular weight excluding hydrogens is 326 g/mol. The molecule has 1 aliphatic heterocycles. The lowest BCUT2D eigenvalue weighted by Crippen LogP contribution is -2.41. The fraction of sp³-hybridized carbons (Fsp3) is 0.286. The molecule has 0 radical (unpaired) electrons. The van der Waals surface area contributed by atoms with Crippen molar-refractivity contribution in [2.75, 3.05) is 18.4 Å². The molecule has 1 N–H and O–H groups in total. The average Bonchev–Trinajstić information content (AvgIpc) is 2.68. The number of likely N-dealkylation sites (tertiary alicyclic amines) is 1. The van der Waals surface area contributed by atoms with Gasteiger partial charge < -0.3 is 10.2 Å². The lowest BCUT2D eigenvalue weighted by atomic mass is 9.95. The van der Waals surface area contributed by atoms with Gasteiger partial charge in [0, 0.05) is 30.3 Å². The molecule has 132 valence electrons. The van der Waals surface area contributed by atoms with Crippen molar-refractivity contribution in [2.45, 2.75) is 19.8 Å². The Morgan fingerprint density at radius 3 is 2.54 bits per heavy atom. The van der Waals surface area contributed by atoms with Crippen LogP contribution < -0.4 is 5.32 Å². The van der Waals surface area contributed by atoms with Crippen LogP contribution in [-0.2, 0) is 4.79 Å². The predicted octanol–water partition coefficient (Wildman–Crippen LogP) is 3.36. The van der Waals surface area contributed by atoms with Crippen LogP contribution in [0.3, 0.4) is 0 Å². The lowest BCUT2D eigenvalue weighted by molar-refractivity contribution is -0.121. The standard InChI is InChI=1S/C21H21N3O2/c1-15-5-2-3-8-19(15)21(26)24-11-9-17(10-12-24)20(25)23-18-7-4-6-16(13-18)14-22/h2-8,13,17H,9-12H2,1H3,(H,23,25). The minimum absolute atomic E-state index is 0.0312. The van der Waals surface area contributed by atoms with Crippen LogP contribution in [0.5, 0.6) is 0 Å². The Bertz CT molecular complexity index is 862. The maximum absolute atomic E-state index is 12.7. The van der Waals surface area contributed by atoms with Crippen LogP contribution >= 0.6 is 0 Å². The molecule has 0 unspecified atom stereocenters. The van der Waals surface area contributed by atoms with Crippen LogP contribution in [0, 0.1) is 24.2 Å². The second kappa shape index (κ2) is 7.83. The predicted molar refractivity (Wildman–Crippen MR) is 99.6 cm³/mol. The highest BCUT2D eigenvalue weighted by Crippen LogP contribution is 2.22.